The summed E-state index contributed by atoms with van der Waals surface area (Å²) in [5, 5.41) is 3.07. The summed E-state index contributed by atoms with van der Waals surface area (Å²) in [6.07, 6.45) is -0.254. The number of hydrogen-bond donors (Lipinski definition) is 0. The molecule has 5 aromatic rings. The van der Waals surface area contributed by atoms with Gasteiger partial charge in [0, 0.05) is 22.0 Å². The molecule has 0 N–H and O–H groups in total. The smallest absolute Gasteiger partial charge is 0.252 e. The number of aryl methyl sites for hydroxylation is 1. The van der Waals surface area contributed by atoms with Gasteiger partial charge < -0.3 is 0 Å². The lowest BCUT2D eigenvalue weighted by Crippen LogP contribution is -2.44. The molecule has 1 aliphatic rings. The summed E-state index contributed by atoms with van der Waals surface area (Å²) in [7, 11) is -4.12. The molecule has 11 heteroatoms. The maximum Gasteiger partial charge on any atom is 0.252 e. The highest BCUT2D eigenvalue weighted by Crippen LogP contribution is 2.35. The highest BCUT2D eigenvalue weighted by Gasteiger charge is 2.47. The predicted octanol–water partition coefficient (Wildman–Crippen LogP) is 6.51. The minimum absolute atomic E-state index is 0.00235. The fraction of sp³-hybridized carbons (Fsp3) is 0.138. The number of imide groups is 1. The number of nitrogens with zero attached hydrogens (tertiary/aromatic N) is 3. The number of thiophene rings is 1. The molecule has 1 fully saturated rings. The third-order valence-electron chi connectivity index (χ3n) is 6.70. The molecule has 0 saturated carbocycles. The third kappa shape index (κ3) is 4.97. The standard InChI is InChI=1S/C29H22ClN3O4S3/c1-18-4-13-24-26(15-18)39-28(31-24)19-5-9-21(10-6-19)33-27(34)16-25(29(33)35)32(17-22-3-2-14-38-22)40(36,37)23-11-7-20(30)8-12-23/h2-15,25H,16-17H2,1H3. The Hall–Kier alpha value is -3.41. The van der Waals surface area contributed by atoms with Gasteiger partial charge in [0.2, 0.25) is 15.9 Å². The molecular weight excluding hydrogens is 586 g/mol. The number of rotatable bonds is 7. The van der Waals surface area contributed by atoms with Gasteiger partial charge in [-0.3, -0.25) is 9.59 Å². The monoisotopic (exact) mass is 607 g/mol. The fourth-order valence-electron chi connectivity index (χ4n) is 4.68. The van der Waals surface area contributed by atoms with Crippen LogP contribution in [0.15, 0.2) is 89.1 Å². The van der Waals surface area contributed by atoms with E-state index in [4.69, 9.17) is 16.6 Å². The van der Waals surface area contributed by atoms with Gasteiger partial charge in [-0.2, -0.15) is 4.31 Å². The lowest BCUT2D eigenvalue weighted by atomic mass is 10.2. The number of amides is 2. The molecule has 1 atom stereocenters. The number of sulfonamides is 1. The molecule has 3 aromatic carbocycles. The molecule has 0 radical (unpaired) electrons. The van der Waals surface area contributed by atoms with Crippen molar-refractivity contribution in [2.24, 2.45) is 0 Å². The average molecular weight is 608 g/mol. The lowest BCUT2D eigenvalue weighted by molar-refractivity contribution is -0.122. The highest BCUT2D eigenvalue weighted by molar-refractivity contribution is 7.89. The van der Waals surface area contributed by atoms with Crippen molar-refractivity contribution in [3.63, 3.8) is 0 Å². The van der Waals surface area contributed by atoms with Crippen LogP contribution in [0, 0.1) is 6.92 Å². The van der Waals surface area contributed by atoms with Gasteiger partial charge in [-0.15, -0.1) is 22.7 Å². The number of carbonyl (C=O) groups excluding carboxylic acids is 2. The Kier molecular flexibility index (Phi) is 7.05. The van der Waals surface area contributed by atoms with Crippen molar-refractivity contribution >= 4 is 72.0 Å². The minimum atomic E-state index is -4.12. The fourth-order valence-corrected chi connectivity index (χ4v) is 8.22. The number of anilines is 1. The summed E-state index contributed by atoms with van der Waals surface area (Å²) in [6.45, 7) is 2.00. The number of carbonyl (C=O) groups is 2. The van der Waals surface area contributed by atoms with Crippen LogP contribution in [0.2, 0.25) is 5.02 Å². The molecule has 202 valence electrons. The Balaban J connectivity index is 1.30. The van der Waals surface area contributed by atoms with Crippen molar-refractivity contribution in [2.45, 2.75) is 30.8 Å². The van der Waals surface area contributed by atoms with E-state index in [2.05, 4.69) is 6.07 Å². The molecule has 0 aliphatic carbocycles. The summed E-state index contributed by atoms with van der Waals surface area (Å²) in [5.74, 6) is -1.04. The molecular formula is C29H22ClN3O4S3. The highest BCUT2D eigenvalue weighted by atomic mass is 35.5. The van der Waals surface area contributed by atoms with Crippen LogP contribution < -0.4 is 4.90 Å². The normalized spacial score (nSPS) is 16.0. The average Bonchev–Trinajstić information content (AvgIpc) is 3.67. The van der Waals surface area contributed by atoms with Crippen LogP contribution in [0.5, 0.6) is 0 Å². The number of thiazole rings is 1. The second-order valence-corrected chi connectivity index (χ2v) is 13.8. The molecule has 3 heterocycles. The summed E-state index contributed by atoms with van der Waals surface area (Å²) in [5.41, 5.74) is 3.32. The maximum atomic E-state index is 13.7. The van der Waals surface area contributed by atoms with Crippen LogP contribution in [0.4, 0.5) is 5.69 Å². The van der Waals surface area contributed by atoms with E-state index in [1.807, 2.05) is 42.6 Å². The Morgan fingerprint density at radius 3 is 2.48 bits per heavy atom. The molecule has 1 saturated heterocycles. The van der Waals surface area contributed by atoms with Crippen LogP contribution in [-0.2, 0) is 26.2 Å². The second-order valence-electron chi connectivity index (χ2n) is 9.41. The van der Waals surface area contributed by atoms with Crippen LogP contribution in [0.25, 0.3) is 20.8 Å². The minimum Gasteiger partial charge on any atom is -0.274 e. The molecule has 1 aliphatic heterocycles. The summed E-state index contributed by atoms with van der Waals surface area (Å²) in [6, 6.07) is 21.3. The Labute approximate surface area is 244 Å². The Bertz CT molecular complexity index is 1830. The van der Waals surface area contributed by atoms with E-state index in [1.165, 1.54) is 35.6 Å². The van der Waals surface area contributed by atoms with Crippen molar-refractivity contribution in [1.29, 1.82) is 0 Å². The van der Waals surface area contributed by atoms with Crippen LogP contribution >= 0.6 is 34.3 Å². The molecule has 6 rings (SSSR count). The zero-order valence-electron chi connectivity index (χ0n) is 21.2. The molecule has 7 nitrogen and oxygen atoms in total. The number of halogens is 1. The van der Waals surface area contributed by atoms with E-state index in [9.17, 15) is 18.0 Å². The van der Waals surface area contributed by atoms with E-state index >= 15 is 0 Å². The summed E-state index contributed by atoms with van der Waals surface area (Å²) < 4.78 is 29.7. The van der Waals surface area contributed by atoms with E-state index in [0.29, 0.717) is 10.7 Å². The number of benzene rings is 3. The van der Waals surface area contributed by atoms with Crippen molar-refractivity contribution in [3.8, 4) is 10.6 Å². The first-order chi connectivity index (χ1) is 19.2. The third-order valence-corrected chi connectivity index (χ3v) is 10.7. The van der Waals surface area contributed by atoms with E-state index in [-0.39, 0.29) is 17.9 Å². The molecule has 0 spiro atoms. The number of aromatic nitrogens is 1. The van der Waals surface area contributed by atoms with Crippen LogP contribution in [-0.4, -0.2) is 35.6 Å². The van der Waals surface area contributed by atoms with Crippen LogP contribution in [0.3, 0.4) is 0 Å². The van der Waals surface area contributed by atoms with Gasteiger partial charge in [0.25, 0.3) is 5.91 Å². The molecule has 2 aromatic heterocycles. The Morgan fingerprint density at radius 2 is 1.77 bits per heavy atom. The van der Waals surface area contributed by atoms with Gasteiger partial charge in [-0.25, -0.2) is 18.3 Å². The first kappa shape index (κ1) is 26.8. The van der Waals surface area contributed by atoms with Gasteiger partial charge in [0.15, 0.2) is 0 Å². The summed E-state index contributed by atoms with van der Waals surface area (Å²) >= 11 is 8.93. The molecule has 2 amide bonds. The molecule has 40 heavy (non-hydrogen) atoms. The topological polar surface area (TPSA) is 87.7 Å². The Morgan fingerprint density at radius 1 is 1.02 bits per heavy atom. The van der Waals surface area contributed by atoms with E-state index in [1.54, 1.807) is 29.5 Å². The van der Waals surface area contributed by atoms with Crippen molar-refractivity contribution in [1.82, 2.24) is 9.29 Å². The van der Waals surface area contributed by atoms with Gasteiger partial charge in [0.05, 0.1) is 27.2 Å². The lowest BCUT2D eigenvalue weighted by Gasteiger charge is -2.26. The second kappa shape index (κ2) is 10.5. The number of hydrogen-bond acceptors (Lipinski definition) is 7. The van der Waals surface area contributed by atoms with Gasteiger partial charge in [-0.05, 0) is 84.6 Å². The van der Waals surface area contributed by atoms with Crippen molar-refractivity contribution in [2.75, 3.05) is 4.90 Å². The van der Waals surface area contributed by atoms with E-state index in [0.717, 1.165) is 40.4 Å². The van der Waals surface area contributed by atoms with Gasteiger partial charge in [0.1, 0.15) is 11.0 Å². The largest absolute Gasteiger partial charge is 0.274 e. The molecule has 0 bridgehead atoms. The van der Waals surface area contributed by atoms with E-state index < -0.39 is 27.9 Å². The molecule has 1 unspecified atom stereocenters. The van der Waals surface area contributed by atoms with Crippen LogP contribution in [0.1, 0.15) is 16.9 Å². The van der Waals surface area contributed by atoms with Gasteiger partial charge in [-0.1, -0.05) is 23.7 Å². The zero-order valence-corrected chi connectivity index (χ0v) is 24.4. The van der Waals surface area contributed by atoms with Crippen molar-refractivity contribution < 1.29 is 18.0 Å². The zero-order chi connectivity index (χ0) is 28.0. The maximum absolute atomic E-state index is 13.7. The van der Waals surface area contributed by atoms with Gasteiger partial charge >= 0.3 is 0 Å². The first-order valence-corrected chi connectivity index (χ1v) is 15.9. The summed E-state index contributed by atoms with van der Waals surface area (Å²) in [4.78, 5) is 33.4. The quantitative estimate of drug-likeness (QED) is 0.197. The SMILES string of the molecule is Cc1ccc2nc(-c3ccc(N4C(=O)CC(N(Cc5cccs5)S(=O)(=O)c5ccc(Cl)cc5)C4=O)cc3)sc2c1. The first-order valence-electron chi connectivity index (χ1n) is 12.3. The number of fused-ring (bicyclic) bond motifs is 1. The van der Waals surface area contributed by atoms with Crippen molar-refractivity contribution in [3.05, 3.63) is 99.7 Å². The predicted molar refractivity (Wildman–Crippen MR) is 159 cm³/mol.